The van der Waals surface area contributed by atoms with Gasteiger partial charge in [0, 0.05) is 56.0 Å². The zero-order valence-electron chi connectivity index (χ0n) is 39.1. The number of benzene rings is 2. The average Bonchev–Trinajstić information content (AvgIpc) is 4.10. The summed E-state index contributed by atoms with van der Waals surface area (Å²) >= 11 is 0. The van der Waals surface area contributed by atoms with Gasteiger partial charge in [-0.1, -0.05) is 76.5 Å². The van der Waals surface area contributed by atoms with Gasteiger partial charge in [-0.3, -0.25) is 19.0 Å². The monoisotopic (exact) mass is 885 g/mol. The number of para-hydroxylation sites is 1. The number of pyridine rings is 1. The number of nitrogens with one attached hydrogen (secondary N) is 3. The minimum atomic E-state index is -0.796. The van der Waals surface area contributed by atoms with E-state index in [1.54, 1.807) is 17.7 Å². The van der Waals surface area contributed by atoms with E-state index in [0.717, 1.165) is 79.2 Å². The third-order valence-electron chi connectivity index (χ3n) is 16.0. The lowest BCUT2D eigenvalue weighted by Crippen LogP contribution is -2.54. The first-order chi connectivity index (χ1) is 31.6. The number of methoxy groups -OCH3 is 1. The molecule has 5 aliphatic carbocycles. The molecule has 5 saturated carbocycles. The smallest absolute Gasteiger partial charge is 0.257 e. The van der Waals surface area contributed by atoms with E-state index in [0.29, 0.717) is 47.6 Å². The molecule has 3 heterocycles. The lowest BCUT2D eigenvalue weighted by Gasteiger charge is -2.56. The van der Waals surface area contributed by atoms with Crippen LogP contribution in [0.5, 0.6) is 5.75 Å². The third-order valence-corrected chi connectivity index (χ3v) is 16.0. The molecule has 2 unspecified atom stereocenters. The highest BCUT2D eigenvalue weighted by atomic mass is 16.5. The number of aromatic nitrogens is 3. The summed E-state index contributed by atoms with van der Waals surface area (Å²) in [5.74, 6) is 3.60. The summed E-state index contributed by atoms with van der Waals surface area (Å²) in [5, 5.41) is 11.6. The molecule has 2 aromatic carbocycles. The van der Waals surface area contributed by atoms with Crippen molar-refractivity contribution < 1.29 is 14.3 Å². The number of amides is 2. The van der Waals surface area contributed by atoms with E-state index in [2.05, 4.69) is 49.9 Å². The van der Waals surface area contributed by atoms with Crippen molar-refractivity contribution in [1.82, 2.24) is 25.2 Å². The van der Waals surface area contributed by atoms with E-state index in [1.165, 1.54) is 89.8 Å². The van der Waals surface area contributed by atoms with Gasteiger partial charge in [0.1, 0.15) is 17.9 Å². The number of anilines is 3. The van der Waals surface area contributed by atoms with E-state index in [9.17, 15) is 14.4 Å². The van der Waals surface area contributed by atoms with Crippen LogP contribution in [0.25, 0.3) is 16.7 Å². The molecule has 4 bridgehead atoms. The molecule has 6 fully saturated rings. The Bertz CT molecular complexity index is 2370. The number of ether oxygens (including phenoxy) is 1. The Balaban J connectivity index is 0.935. The molecular formula is C53H72N8O4. The van der Waals surface area contributed by atoms with Crippen molar-refractivity contribution in [3.63, 3.8) is 0 Å². The molecule has 4 aromatic rings. The summed E-state index contributed by atoms with van der Waals surface area (Å²) in [6.45, 7) is 6.72. The minimum absolute atomic E-state index is 0.121. The van der Waals surface area contributed by atoms with Gasteiger partial charge in [-0.25, -0.2) is 9.97 Å². The number of rotatable bonds is 21. The number of primary amides is 1. The molecule has 6 aliphatic rings. The van der Waals surface area contributed by atoms with Crippen molar-refractivity contribution in [2.75, 3.05) is 37.0 Å². The topological polar surface area (TPSA) is 156 Å². The molecule has 0 spiro atoms. The fourth-order valence-electron chi connectivity index (χ4n) is 13.1. The fourth-order valence-corrected chi connectivity index (χ4v) is 13.1. The van der Waals surface area contributed by atoms with Gasteiger partial charge in [-0.2, -0.15) is 0 Å². The maximum atomic E-state index is 14.1. The number of fused-ring (bicyclic) bond motifs is 1. The van der Waals surface area contributed by atoms with Gasteiger partial charge >= 0.3 is 0 Å². The Kier molecular flexibility index (Phi) is 13.5. The summed E-state index contributed by atoms with van der Waals surface area (Å²) in [6.07, 6.45) is 23.5. The normalized spacial score (nSPS) is 24.5. The Morgan fingerprint density at radius 2 is 1.65 bits per heavy atom. The molecule has 348 valence electrons. The van der Waals surface area contributed by atoms with Gasteiger partial charge in [-0.15, -0.1) is 0 Å². The molecular weight excluding hydrogens is 813 g/mol. The molecule has 12 heteroatoms. The summed E-state index contributed by atoms with van der Waals surface area (Å²) in [7, 11) is 1.68. The first-order valence-corrected chi connectivity index (χ1v) is 25.1. The largest absolute Gasteiger partial charge is 0.494 e. The van der Waals surface area contributed by atoms with Crippen molar-refractivity contribution in [3.8, 4) is 11.4 Å². The zero-order chi connectivity index (χ0) is 45.1. The van der Waals surface area contributed by atoms with Gasteiger partial charge in [-0.05, 0) is 124 Å². The summed E-state index contributed by atoms with van der Waals surface area (Å²) in [6, 6.07) is 15.7. The van der Waals surface area contributed by atoms with Crippen LogP contribution < -0.4 is 36.9 Å². The number of nitrogens with two attached hydrogens (primary N) is 1. The summed E-state index contributed by atoms with van der Waals surface area (Å²) in [4.78, 5) is 52.4. The van der Waals surface area contributed by atoms with E-state index in [4.69, 9.17) is 10.5 Å². The number of carbonyl (C=O) groups excluding carboxylic acids is 2. The SMILES string of the molecule is CCCCCCCCCCC(CC1CNCCN1c1ccc(Nc2ncnc3c2c(C)cc(=O)n3-c2ccccc2C2(C(N)=O)CC2)c(OC)c1)NC(=O)CC12CC3CC(CC(C3)C1)C2. The molecule has 65 heavy (non-hydrogen) atoms. The number of nitrogens with zero attached hydrogens (tertiary/aromatic N) is 4. The lowest BCUT2D eigenvalue weighted by molar-refractivity contribution is -0.130. The highest BCUT2D eigenvalue weighted by molar-refractivity contribution is 5.94. The van der Waals surface area contributed by atoms with E-state index in [1.807, 2.05) is 37.3 Å². The van der Waals surface area contributed by atoms with Crippen molar-refractivity contribution in [2.24, 2.45) is 28.9 Å². The second kappa shape index (κ2) is 19.5. The van der Waals surface area contributed by atoms with Gasteiger partial charge in [0.25, 0.3) is 5.56 Å². The van der Waals surface area contributed by atoms with Crippen molar-refractivity contribution >= 4 is 40.0 Å². The van der Waals surface area contributed by atoms with Crippen LogP contribution in [0, 0.1) is 30.1 Å². The second-order valence-corrected chi connectivity index (χ2v) is 20.8. The lowest BCUT2D eigenvalue weighted by atomic mass is 9.49. The predicted octanol–water partition coefficient (Wildman–Crippen LogP) is 9.15. The number of aryl methyl sites for hydroxylation is 1. The Morgan fingerprint density at radius 1 is 0.938 bits per heavy atom. The Hall–Kier alpha value is -4.97. The molecule has 5 N–H and O–H groups in total. The first kappa shape index (κ1) is 45.2. The van der Waals surface area contributed by atoms with Crippen molar-refractivity contribution in [1.29, 1.82) is 0 Å². The summed E-state index contributed by atoms with van der Waals surface area (Å²) in [5.41, 5.74) is 9.39. The van der Waals surface area contributed by atoms with Crippen LogP contribution >= 0.6 is 0 Å². The van der Waals surface area contributed by atoms with Crippen LogP contribution in [0.15, 0.2) is 59.7 Å². The zero-order valence-corrected chi connectivity index (χ0v) is 39.1. The second-order valence-electron chi connectivity index (χ2n) is 20.8. The van der Waals surface area contributed by atoms with E-state index >= 15 is 0 Å². The number of hydrogen-bond donors (Lipinski definition) is 4. The average molecular weight is 885 g/mol. The number of piperazine rings is 1. The quantitative estimate of drug-likeness (QED) is 0.0600. The molecule has 12 nitrogen and oxygen atoms in total. The molecule has 10 rings (SSSR count). The van der Waals surface area contributed by atoms with Crippen LogP contribution in [0.1, 0.15) is 140 Å². The standard InChI is InChI=1S/C53H72N8O4/c1-4-5-6-7-8-9-10-11-14-39(58-46(62)32-52-29-36-24-37(30-52)26-38(25-36)31-52)27-41-33-55-21-22-60(41)40-17-18-43(45(28-40)65-3)59-49-48-35(2)23-47(63)61(50(48)57-34-56-49)44-16-13-12-15-42(44)53(19-20-53)51(54)64/h12-13,15-18,23,28,34,36-39,41,55H,4-11,14,19-22,24-27,29-33H2,1-3H3,(H2,54,64)(H,58,62)(H,56,57,59). The van der Waals surface area contributed by atoms with Crippen LogP contribution in [-0.2, 0) is 15.0 Å². The van der Waals surface area contributed by atoms with E-state index < -0.39 is 5.41 Å². The van der Waals surface area contributed by atoms with Crippen LogP contribution in [0.2, 0.25) is 0 Å². The molecule has 1 aliphatic heterocycles. The molecule has 2 aromatic heterocycles. The van der Waals surface area contributed by atoms with Gasteiger partial charge < -0.3 is 31.3 Å². The van der Waals surface area contributed by atoms with Crippen LogP contribution in [0.3, 0.4) is 0 Å². The molecule has 0 radical (unpaired) electrons. The highest BCUT2D eigenvalue weighted by Crippen LogP contribution is 2.61. The minimum Gasteiger partial charge on any atom is -0.494 e. The third kappa shape index (κ3) is 9.65. The molecule has 1 saturated heterocycles. The maximum absolute atomic E-state index is 14.1. The van der Waals surface area contributed by atoms with Crippen molar-refractivity contribution in [2.45, 2.75) is 153 Å². The number of hydrogen-bond acceptors (Lipinski definition) is 9. The van der Waals surface area contributed by atoms with Crippen LogP contribution in [0.4, 0.5) is 17.2 Å². The Morgan fingerprint density at radius 3 is 2.34 bits per heavy atom. The highest BCUT2D eigenvalue weighted by Gasteiger charge is 2.52. The fraction of sp³-hybridized carbons (Fsp3) is 0.604. The molecule has 2 amide bonds. The number of carbonyl (C=O) groups is 2. The van der Waals surface area contributed by atoms with Crippen LogP contribution in [-0.4, -0.2) is 65.2 Å². The first-order valence-electron chi connectivity index (χ1n) is 25.1. The predicted molar refractivity (Wildman–Crippen MR) is 259 cm³/mol. The number of unbranched alkanes of at least 4 members (excludes halogenated alkanes) is 7. The van der Waals surface area contributed by atoms with Crippen molar-refractivity contribution in [3.05, 3.63) is 76.3 Å². The van der Waals surface area contributed by atoms with Gasteiger partial charge in [0.05, 0.1) is 29.3 Å². The van der Waals surface area contributed by atoms with E-state index in [-0.39, 0.29) is 34.9 Å². The van der Waals surface area contributed by atoms with Gasteiger partial charge in [0.15, 0.2) is 5.65 Å². The van der Waals surface area contributed by atoms with Gasteiger partial charge in [0.2, 0.25) is 11.8 Å². The Labute approximate surface area is 385 Å². The summed E-state index contributed by atoms with van der Waals surface area (Å²) < 4.78 is 7.65. The maximum Gasteiger partial charge on any atom is 0.257 e. The molecule has 2 atom stereocenters.